The topological polar surface area (TPSA) is 161 Å². The fourth-order valence-corrected chi connectivity index (χ4v) is 5.26. The monoisotopic (exact) mass is 587 g/mol. The van der Waals surface area contributed by atoms with E-state index >= 15 is 0 Å². The number of alkyl halides is 1. The number of hydrogen-bond donors (Lipinski definition) is 2. The van der Waals surface area contributed by atoms with Gasteiger partial charge >= 0.3 is 19.5 Å². The Hall–Kier alpha value is -2.98. The number of benzene rings is 1. The highest BCUT2D eigenvalue weighted by atomic mass is 35.5. The van der Waals surface area contributed by atoms with Crippen molar-refractivity contribution in [2.75, 3.05) is 12.3 Å². The molecule has 1 aromatic carbocycles. The lowest BCUT2D eigenvalue weighted by molar-refractivity contribution is -0.156. The van der Waals surface area contributed by atoms with Crippen molar-refractivity contribution in [3.05, 3.63) is 52.8 Å². The Bertz CT molecular complexity index is 1350. The summed E-state index contributed by atoms with van der Waals surface area (Å²) in [5, 5.41) is 11.0. The summed E-state index contributed by atoms with van der Waals surface area (Å²) in [6, 6.07) is 7.85. The number of rotatable bonds is 10. The Morgan fingerprint density at radius 2 is 2.03 bits per heavy atom. The van der Waals surface area contributed by atoms with Gasteiger partial charge in [-0.2, -0.15) is 4.98 Å². The molecule has 12 nitrogen and oxygen atoms in total. The van der Waals surface area contributed by atoms with E-state index in [1.165, 1.54) is 26.0 Å². The number of carbonyl (C=O) groups excluding carboxylic acids is 1. The van der Waals surface area contributed by atoms with Crippen LogP contribution in [0.1, 0.15) is 33.9 Å². The molecule has 15 heteroatoms. The summed E-state index contributed by atoms with van der Waals surface area (Å²) in [6.45, 7) is 5.30. The van der Waals surface area contributed by atoms with Crippen LogP contribution in [-0.2, 0) is 27.9 Å². The summed E-state index contributed by atoms with van der Waals surface area (Å²) in [6.07, 6.45) is -5.71. The number of phosphoric acid groups is 1. The fraction of sp³-hybridized carbons (Fsp3) is 0.458. The van der Waals surface area contributed by atoms with Gasteiger partial charge in [0.15, 0.2) is 28.8 Å². The second-order valence-corrected chi connectivity index (χ2v) is 10.8. The van der Waals surface area contributed by atoms with E-state index in [1.54, 1.807) is 32.0 Å². The number of hydrogen-bond acceptors (Lipinski definition) is 11. The van der Waals surface area contributed by atoms with Crippen molar-refractivity contribution < 1.29 is 41.9 Å². The smallest absolute Gasteiger partial charge is 0.461 e. The van der Waals surface area contributed by atoms with Gasteiger partial charge in [-0.25, -0.2) is 18.5 Å². The van der Waals surface area contributed by atoms with Crippen LogP contribution in [0, 0.1) is 17.7 Å². The van der Waals surface area contributed by atoms with E-state index in [0.717, 1.165) is 0 Å². The summed E-state index contributed by atoms with van der Waals surface area (Å²) >= 11 is 6.60. The number of carbonyl (C=O) groups is 1. The first-order valence-electron chi connectivity index (χ1n) is 11.7. The molecule has 0 saturated carbocycles. The molecule has 1 saturated heterocycles. The van der Waals surface area contributed by atoms with E-state index in [2.05, 4.69) is 16.8 Å². The predicted octanol–water partition coefficient (Wildman–Crippen LogP) is 2.78. The van der Waals surface area contributed by atoms with Crippen molar-refractivity contribution in [3.8, 4) is 17.6 Å². The number of nitrogens with zero attached hydrogens (tertiary/aromatic N) is 2. The molecule has 1 aromatic heterocycles. The number of esters is 1. The van der Waals surface area contributed by atoms with Gasteiger partial charge in [-0.15, -0.1) is 5.92 Å². The van der Waals surface area contributed by atoms with Crippen molar-refractivity contribution in [1.82, 2.24) is 9.55 Å². The number of ether oxygens (including phenoxy) is 2. The molecule has 0 spiro atoms. The minimum atomic E-state index is -4.57. The van der Waals surface area contributed by atoms with Gasteiger partial charge in [0.25, 0.3) is 0 Å². The Morgan fingerprint density at radius 1 is 1.36 bits per heavy atom. The van der Waals surface area contributed by atoms with E-state index in [0.29, 0.717) is 10.8 Å². The number of nitrogens with two attached hydrogens (primary N) is 1. The molecule has 39 heavy (non-hydrogen) atoms. The standard InChI is InChI=1S/C24H28ClFN3O9P/c1-5-11-24(25)19(30)18(36-22(24)29-12-17(26)20(27)28-23(29)32)13-34-39(33,38-16-9-7-6-8-10-16)37-15(4)21(31)35-14(2)3/h6-10,12,14-15,18-19,22,30H,13H2,1-4H3,(H2,27,28,32)/t15-,18+,19-,22+,24?,39?/m0/s1. The molecule has 0 bridgehead atoms. The van der Waals surface area contributed by atoms with Crippen LogP contribution in [0.25, 0.3) is 0 Å². The molecule has 2 aromatic rings. The zero-order valence-corrected chi connectivity index (χ0v) is 23.1. The van der Waals surface area contributed by atoms with Crippen LogP contribution in [0.15, 0.2) is 41.3 Å². The molecule has 0 aliphatic carbocycles. The van der Waals surface area contributed by atoms with Crippen LogP contribution in [0.4, 0.5) is 10.2 Å². The van der Waals surface area contributed by atoms with Gasteiger partial charge < -0.3 is 24.8 Å². The number of aromatic nitrogens is 2. The van der Waals surface area contributed by atoms with Crippen LogP contribution in [-0.4, -0.2) is 56.5 Å². The average molecular weight is 588 g/mol. The average Bonchev–Trinajstić information content (AvgIpc) is 3.10. The number of aliphatic hydroxyl groups is 1. The molecule has 2 heterocycles. The Labute approximate surface area is 228 Å². The van der Waals surface area contributed by atoms with Gasteiger partial charge in [-0.1, -0.05) is 35.7 Å². The Balaban J connectivity index is 1.88. The van der Waals surface area contributed by atoms with Crippen molar-refractivity contribution in [1.29, 1.82) is 0 Å². The zero-order chi connectivity index (χ0) is 29.0. The van der Waals surface area contributed by atoms with Gasteiger partial charge in [-0.3, -0.25) is 13.6 Å². The Morgan fingerprint density at radius 3 is 2.64 bits per heavy atom. The number of aliphatic hydroxyl groups excluding tert-OH is 1. The van der Waals surface area contributed by atoms with Crippen molar-refractivity contribution in [3.63, 3.8) is 0 Å². The lowest BCUT2D eigenvalue weighted by atomic mass is 9.99. The van der Waals surface area contributed by atoms with Crippen molar-refractivity contribution in [2.24, 2.45) is 0 Å². The second-order valence-electron chi connectivity index (χ2n) is 8.66. The lowest BCUT2D eigenvalue weighted by Crippen LogP contribution is -2.43. The summed E-state index contributed by atoms with van der Waals surface area (Å²) in [5.41, 5.74) is 4.33. The number of phosphoric ester groups is 1. The first kappa shape index (κ1) is 30.6. The maximum Gasteiger partial charge on any atom is 0.530 e. The SMILES string of the molecule is CC#CC1(Cl)[C@@H](O)[C@@H](COP(=O)(Oc2ccccc2)O[C@@H](C)C(=O)OC(C)C)O[C@H]1n1cc(F)c(N)nc1=O. The minimum absolute atomic E-state index is 0.0922. The molecule has 6 atom stereocenters. The molecule has 2 unspecified atom stereocenters. The molecular formula is C24H28ClFN3O9P. The van der Waals surface area contributed by atoms with Crippen LogP contribution in [0.5, 0.6) is 5.75 Å². The fourth-order valence-electron chi connectivity index (χ4n) is 3.53. The van der Waals surface area contributed by atoms with Gasteiger partial charge in [0.05, 0.1) is 18.9 Å². The van der Waals surface area contributed by atoms with Gasteiger partial charge in [0.1, 0.15) is 18.0 Å². The van der Waals surface area contributed by atoms with Crippen LogP contribution in [0.3, 0.4) is 0 Å². The van der Waals surface area contributed by atoms with Crippen molar-refractivity contribution in [2.45, 2.75) is 63.2 Å². The predicted molar refractivity (Wildman–Crippen MR) is 137 cm³/mol. The van der Waals surface area contributed by atoms with E-state index < -0.39 is 73.2 Å². The third-order valence-corrected chi connectivity index (χ3v) is 7.26. The largest absolute Gasteiger partial charge is 0.530 e. The molecule has 1 fully saturated rings. The number of para-hydroxylation sites is 1. The second kappa shape index (κ2) is 12.5. The highest BCUT2D eigenvalue weighted by Crippen LogP contribution is 2.52. The summed E-state index contributed by atoms with van der Waals surface area (Å²) in [5.74, 6) is 2.69. The quantitative estimate of drug-likeness (QED) is 0.182. The van der Waals surface area contributed by atoms with E-state index in [1.807, 2.05) is 0 Å². The first-order chi connectivity index (χ1) is 18.3. The highest BCUT2D eigenvalue weighted by Gasteiger charge is 2.57. The summed E-state index contributed by atoms with van der Waals surface area (Å²) in [4.78, 5) is 26.1. The number of nitrogen functional groups attached to an aromatic ring is 1. The third-order valence-electron chi connectivity index (χ3n) is 5.28. The lowest BCUT2D eigenvalue weighted by Gasteiger charge is -2.25. The maximum atomic E-state index is 14.1. The van der Waals surface area contributed by atoms with Crippen LogP contribution in [0.2, 0.25) is 0 Å². The molecule has 3 rings (SSSR count). The van der Waals surface area contributed by atoms with Crippen LogP contribution < -0.4 is 15.9 Å². The molecule has 1 aliphatic heterocycles. The normalized spacial score (nSPS) is 24.9. The summed E-state index contributed by atoms with van der Waals surface area (Å²) in [7, 11) is -4.57. The third kappa shape index (κ3) is 7.16. The number of anilines is 1. The maximum absolute atomic E-state index is 14.1. The highest BCUT2D eigenvalue weighted by molar-refractivity contribution is 7.49. The number of halogens is 2. The van der Waals surface area contributed by atoms with Gasteiger partial charge in [-0.05, 0) is 39.8 Å². The first-order valence-corrected chi connectivity index (χ1v) is 13.5. The molecule has 212 valence electrons. The van der Waals surface area contributed by atoms with E-state index in [4.69, 9.17) is 40.4 Å². The van der Waals surface area contributed by atoms with Crippen LogP contribution >= 0.6 is 19.4 Å². The molecular weight excluding hydrogens is 560 g/mol. The minimum Gasteiger partial charge on any atom is -0.461 e. The van der Waals surface area contributed by atoms with Gasteiger partial charge in [0, 0.05) is 0 Å². The zero-order valence-electron chi connectivity index (χ0n) is 21.4. The molecule has 0 radical (unpaired) electrons. The molecule has 0 amide bonds. The summed E-state index contributed by atoms with van der Waals surface area (Å²) < 4.78 is 55.6. The Kier molecular flexibility index (Phi) is 9.77. The molecule has 1 aliphatic rings. The molecule has 3 N–H and O–H groups in total. The van der Waals surface area contributed by atoms with Crippen molar-refractivity contribution >= 4 is 31.2 Å². The van der Waals surface area contributed by atoms with E-state index in [-0.39, 0.29) is 5.75 Å². The van der Waals surface area contributed by atoms with Gasteiger partial charge in [0.2, 0.25) is 0 Å². The van der Waals surface area contributed by atoms with E-state index in [9.17, 15) is 23.7 Å².